The Labute approximate surface area is 118 Å². The van der Waals surface area contributed by atoms with E-state index in [9.17, 15) is 5.11 Å². The van der Waals surface area contributed by atoms with E-state index in [1.54, 1.807) is 24.3 Å². The zero-order chi connectivity index (χ0) is 13.4. The number of benzene rings is 2. The van der Waals surface area contributed by atoms with Crippen LogP contribution in [-0.2, 0) is 0 Å². The van der Waals surface area contributed by atoms with Gasteiger partial charge in [-0.25, -0.2) is 0 Å². The van der Waals surface area contributed by atoms with Gasteiger partial charge >= 0.3 is 0 Å². The fourth-order valence-corrected chi connectivity index (χ4v) is 1.96. The predicted molar refractivity (Wildman–Crippen MR) is 75.4 cm³/mol. The standard InChI is InChI=1S/C13H8Cl2N2O2/c14-9-3-1-7(5-10(9)15)16-13-17-11-6-8(18)2-4-12(11)19-13/h1-6,18H,(H,16,17). The first-order valence-corrected chi connectivity index (χ1v) is 6.19. The van der Waals surface area contributed by atoms with Crippen LogP contribution >= 0.6 is 23.2 Å². The summed E-state index contributed by atoms with van der Waals surface area (Å²) < 4.78 is 5.49. The third-order valence-electron chi connectivity index (χ3n) is 2.54. The van der Waals surface area contributed by atoms with Gasteiger partial charge in [0.25, 0.3) is 6.01 Å². The Bertz CT molecular complexity index is 755. The second-order valence-corrected chi connectivity index (χ2v) is 4.74. The zero-order valence-corrected chi connectivity index (χ0v) is 11.0. The van der Waals surface area contributed by atoms with Crippen molar-refractivity contribution in [3.8, 4) is 5.75 Å². The van der Waals surface area contributed by atoms with Crippen LogP contribution in [0.15, 0.2) is 40.8 Å². The molecular formula is C13H8Cl2N2O2. The molecular weight excluding hydrogens is 287 g/mol. The number of oxazole rings is 1. The Balaban J connectivity index is 1.94. The monoisotopic (exact) mass is 294 g/mol. The topological polar surface area (TPSA) is 58.3 Å². The fourth-order valence-electron chi connectivity index (χ4n) is 1.67. The van der Waals surface area contributed by atoms with Gasteiger partial charge in [-0.1, -0.05) is 23.2 Å². The van der Waals surface area contributed by atoms with Crippen LogP contribution in [0.25, 0.3) is 11.1 Å². The van der Waals surface area contributed by atoms with Crippen molar-refractivity contribution in [3.63, 3.8) is 0 Å². The number of nitrogens with zero attached hydrogens (tertiary/aromatic N) is 1. The number of halogens is 2. The van der Waals surface area contributed by atoms with E-state index < -0.39 is 0 Å². The molecule has 19 heavy (non-hydrogen) atoms. The quantitative estimate of drug-likeness (QED) is 0.726. The molecule has 0 aliphatic heterocycles. The number of anilines is 2. The van der Waals surface area contributed by atoms with Crippen molar-refractivity contribution in [2.24, 2.45) is 0 Å². The molecule has 0 saturated heterocycles. The third-order valence-corrected chi connectivity index (χ3v) is 3.28. The molecule has 0 radical (unpaired) electrons. The normalized spacial score (nSPS) is 10.8. The molecule has 96 valence electrons. The Morgan fingerprint density at radius 3 is 2.68 bits per heavy atom. The number of fused-ring (bicyclic) bond motifs is 1. The van der Waals surface area contributed by atoms with Gasteiger partial charge in [0.15, 0.2) is 5.58 Å². The van der Waals surface area contributed by atoms with Crippen molar-refractivity contribution in [1.29, 1.82) is 0 Å². The second kappa shape index (κ2) is 4.64. The van der Waals surface area contributed by atoms with Crippen LogP contribution in [0.5, 0.6) is 5.75 Å². The summed E-state index contributed by atoms with van der Waals surface area (Å²) in [5.41, 5.74) is 1.87. The Morgan fingerprint density at radius 1 is 1.05 bits per heavy atom. The summed E-state index contributed by atoms with van der Waals surface area (Å²) in [6, 6.07) is 10.2. The van der Waals surface area contributed by atoms with Crippen LogP contribution < -0.4 is 5.32 Å². The van der Waals surface area contributed by atoms with Gasteiger partial charge in [0.2, 0.25) is 0 Å². The first-order chi connectivity index (χ1) is 9.11. The minimum atomic E-state index is 0.141. The van der Waals surface area contributed by atoms with E-state index in [0.29, 0.717) is 32.8 Å². The number of rotatable bonds is 2. The molecule has 6 heteroatoms. The molecule has 2 N–H and O–H groups in total. The average Bonchev–Trinajstić information content (AvgIpc) is 2.75. The highest BCUT2D eigenvalue weighted by Gasteiger charge is 2.07. The maximum atomic E-state index is 9.36. The van der Waals surface area contributed by atoms with Crippen LogP contribution in [0.1, 0.15) is 0 Å². The van der Waals surface area contributed by atoms with Crippen molar-refractivity contribution >= 4 is 46.0 Å². The van der Waals surface area contributed by atoms with E-state index >= 15 is 0 Å². The molecule has 0 aliphatic rings. The molecule has 1 aromatic heterocycles. The smallest absolute Gasteiger partial charge is 0.300 e. The fraction of sp³-hybridized carbons (Fsp3) is 0. The Hall–Kier alpha value is -1.91. The van der Waals surface area contributed by atoms with Crippen LogP contribution in [-0.4, -0.2) is 10.1 Å². The Kier molecular flexibility index (Phi) is 2.97. The summed E-state index contributed by atoms with van der Waals surface area (Å²) in [5.74, 6) is 0.141. The molecule has 3 aromatic rings. The van der Waals surface area contributed by atoms with E-state index in [0.717, 1.165) is 0 Å². The van der Waals surface area contributed by atoms with Crippen LogP contribution in [0.3, 0.4) is 0 Å². The van der Waals surface area contributed by atoms with E-state index in [4.69, 9.17) is 27.6 Å². The summed E-state index contributed by atoms with van der Waals surface area (Å²) >= 11 is 11.8. The van der Waals surface area contributed by atoms with Gasteiger partial charge in [-0.15, -0.1) is 0 Å². The summed E-state index contributed by atoms with van der Waals surface area (Å²) in [7, 11) is 0. The number of hydrogen-bond acceptors (Lipinski definition) is 4. The summed E-state index contributed by atoms with van der Waals surface area (Å²) in [6.45, 7) is 0. The van der Waals surface area contributed by atoms with Gasteiger partial charge in [-0.3, -0.25) is 0 Å². The zero-order valence-electron chi connectivity index (χ0n) is 9.52. The van der Waals surface area contributed by atoms with Gasteiger partial charge in [0.05, 0.1) is 10.0 Å². The van der Waals surface area contributed by atoms with E-state index in [1.165, 1.54) is 12.1 Å². The molecule has 0 unspecified atom stereocenters. The highest BCUT2D eigenvalue weighted by molar-refractivity contribution is 6.42. The van der Waals surface area contributed by atoms with E-state index in [2.05, 4.69) is 10.3 Å². The van der Waals surface area contributed by atoms with Gasteiger partial charge < -0.3 is 14.8 Å². The molecule has 0 spiro atoms. The lowest BCUT2D eigenvalue weighted by atomic mass is 10.3. The van der Waals surface area contributed by atoms with Gasteiger partial charge in [0, 0.05) is 11.8 Å². The van der Waals surface area contributed by atoms with Crippen molar-refractivity contribution in [2.45, 2.75) is 0 Å². The summed E-state index contributed by atoms with van der Waals surface area (Å²) in [4.78, 5) is 4.21. The Morgan fingerprint density at radius 2 is 1.89 bits per heavy atom. The molecule has 0 amide bonds. The first kappa shape index (κ1) is 12.1. The largest absolute Gasteiger partial charge is 0.508 e. The molecule has 4 nitrogen and oxygen atoms in total. The van der Waals surface area contributed by atoms with Crippen molar-refractivity contribution in [3.05, 3.63) is 46.4 Å². The third kappa shape index (κ3) is 2.45. The number of aromatic nitrogens is 1. The number of hydrogen-bond donors (Lipinski definition) is 2. The minimum absolute atomic E-state index is 0.141. The van der Waals surface area contributed by atoms with Gasteiger partial charge in [-0.05, 0) is 30.3 Å². The molecule has 0 aliphatic carbocycles. The maximum absolute atomic E-state index is 9.36. The number of phenols is 1. The minimum Gasteiger partial charge on any atom is -0.508 e. The highest BCUT2D eigenvalue weighted by atomic mass is 35.5. The van der Waals surface area contributed by atoms with Crippen LogP contribution in [0, 0.1) is 0 Å². The SMILES string of the molecule is Oc1ccc2oc(Nc3ccc(Cl)c(Cl)c3)nc2c1. The average molecular weight is 295 g/mol. The lowest BCUT2D eigenvalue weighted by molar-refractivity contribution is 0.476. The summed E-state index contributed by atoms with van der Waals surface area (Å²) in [6.07, 6.45) is 0. The molecule has 0 saturated carbocycles. The van der Waals surface area contributed by atoms with Gasteiger partial charge in [0.1, 0.15) is 11.3 Å². The molecule has 0 bridgehead atoms. The van der Waals surface area contributed by atoms with Crippen LogP contribution in [0.4, 0.5) is 11.7 Å². The second-order valence-electron chi connectivity index (χ2n) is 3.92. The van der Waals surface area contributed by atoms with E-state index in [1.807, 2.05) is 0 Å². The lowest BCUT2D eigenvalue weighted by Crippen LogP contribution is -1.89. The number of nitrogens with one attached hydrogen (secondary N) is 1. The molecule has 2 aromatic carbocycles. The van der Waals surface area contributed by atoms with Crippen LogP contribution in [0.2, 0.25) is 10.0 Å². The molecule has 0 fully saturated rings. The highest BCUT2D eigenvalue weighted by Crippen LogP contribution is 2.28. The number of phenolic OH excluding ortho intramolecular Hbond substituents is 1. The first-order valence-electron chi connectivity index (χ1n) is 5.43. The predicted octanol–water partition coefficient (Wildman–Crippen LogP) is 4.58. The molecule has 3 rings (SSSR count). The lowest BCUT2D eigenvalue weighted by Gasteiger charge is -2.02. The van der Waals surface area contributed by atoms with Gasteiger partial charge in [-0.2, -0.15) is 4.98 Å². The summed E-state index contributed by atoms with van der Waals surface area (Å²) in [5, 5.41) is 13.3. The van der Waals surface area contributed by atoms with Crippen molar-refractivity contribution in [2.75, 3.05) is 5.32 Å². The van der Waals surface area contributed by atoms with E-state index in [-0.39, 0.29) is 5.75 Å². The van der Waals surface area contributed by atoms with Crippen molar-refractivity contribution < 1.29 is 9.52 Å². The van der Waals surface area contributed by atoms with Crippen molar-refractivity contribution in [1.82, 2.24) is 4.98 Å². The molecule has 1 heterocycles. The number of aromatic hydroxyl groups is 1. The maximum Gasteiger partial charge on any atom is 0.300 e. The molecule has 0 atom stereocenters.